The average molecular weight is 304 g/mol. The van der Waals surface area contributed by atoms with Gasteiger partial charge >= 0.3 is 7.12 Å². The van der Waals surface area contributed by atoms with Gasteiger partial charge in [0, 0.05) is 23.3 Å². The van der Waals surface area contributed by atoms with Crippen molar-refractivity contribution in [2.24, 2.45) is 0 Å². The van der Waals surface area contributed by atoms with Gasteiger partial charge in [-0.15, -0.1) is 0 Å². The van der Waals surface area contributed by atoms with Crippen LogP contribution in [0.1, 0.15) is 5.56 Å². The third-order valence-corrected chi connectivity index (χ3v) is 4.67. The van der Waals surface area contributed by atoms with Crippen molar-refractivity contribution in [3.63, 3.8) is 0 Å². The first-order valence-electron chi connectivity index (χ1n) is 5.62. The van der Waals surface area contributed by atoms with Crippen molar-refractivity contribution in [2.75, 3.05) is 24.9 Å². The van der Waals surface area contributed by atoms with Gasteiger partial charge in [-0.2, -0.15) is 11.8 Å². The van der Waals surface area contributed by atoms with Crippen LogP contribution in [-0.4, -0.2) is 50.5 Å². The summed E-state index contributed by atoms with van der Waals surface area (Å²) in [6.07, 6.45) is 1.21. The molecule has 5 nitrogen and oxygen atoms in total. The van der Waals surface area contributed by atoms with Crippen molar-refractivity contribution in [3.05, 3.63) is 23.8 Å². The minimum absolute atomic E-state index is 0.127. The maximum atomic E-state index is 11.0. The van der Waals surface area contributed by atoms with E-state index in [9.17, 15) is 8.42 Å². The lowest BCUT2D eigenvalue weighted by molar-refractivity contribution is 0.410. The lowest BCUT2D eigenvalue weighted by Crippen LogP contribution is -2.30. The molecule has 0 fully saturated rings. The number of hydrogen-bond donors (Lipinski definition) is 2. The standard InChI is InChI=1S/C11H17BO5S2/c1-17-11-4-3-10(12(13)14)7-9(11)8-18-5-6-19(2,15)16/h3-4,7,13-14H,5-6,8H2,1-2H3. The summed E-state index contributed by atoms with van der Waals surface area (Å²) in [5.41, 5.74) is 1.20. The highest BCUT2D eigenvalue weighted by atomic mass is 32.2. The zero-order valence-corrected chi connectivity index (χ0v) is 12.5. The van der Waals surface area contributed by atoms with Gasteiger partial charge in [-0.05, 0) is 11.5 Å². The Morgan fingerprint density at radius 3 is 2.58 bits per heavy atom. The van der Waals surface area contributed by atoms with Crippen LogP contribution in [0.3, 0.4) is 0 Å². The molecule has 0 aliphatic heterocycles. The van der Waals surface area contributed by atoms with Gasteiger partial charge in [0.25, 0.3) is 0 Å². The summed E-state index contributed by atoms with van der Waals surface area (Å²) in [5, 5.41) is 18.2. The van der Waals surface area contributed by atoms with Crippen molar-refractivity contribution >= 4 is 34.2 Å². The minimum Gasteiger partial charge on any atom is -0.496 e. The number of methoxy groups -OCH3 is 1. The van der Waals surface area contributed by atoms with E-state index in [4.69, 9.17) is 14.8 Å². The lowest BCUT2D eigenvalue weighted by Gasteiger charge is -2.10. The van der Waals surface area contributed by atoms with Crippen molar-refractivity contribution in [1.82, 2.24) is 0 Å². The molecule has 0 heterocycles. The Hall–Kier alpha value is -0.695. The predicted molar refractivity (Wildman–Crippen MR) is 78.7 cm³/mol. The number of hydrogen-bond acceptors (Lipinski definition) is 6. The lowest BCUT2D eigenvalue weighted by atomic mass is 9.79. The Morgan fingerprint density at radius 1 is 1.37 bits per heavy atom. The molecule has 19 heavy (non-hydrogen) atoms. The van der Waals surface area contributed by atoms with Crippen molar-refractivity contribution in [2.45, 2.75) is 5.75 Å². The zero-order valence-electron chi connectivity index (χ0n) is 10.9. The molecule has 0 atom stereocenters. The number of sulfone groups is 1. The summed E-state index contributed by atoms with van der Waals surface area (Å²) < 4.78 is 27.2. The van der Waals surface area contributed by atoms with E-state index in [0.717, 1.165) is 5.56 Å². The summed E-state index contributed by atoms with van der Waals surface area (Å²) >= 11 is 1.46. The molecule has 0 radical (unpaired) electrons. The Morgan fingerprint density at radius 2 is 2.05 bits per heavy atom. The van der Waals surface area contributed by atoms with E-state index in [1.807, 2.05) is 0 Å². The molecule has 0 bridgehead atoms. The summed E-state index contributed by atoms with van der Waals surface area (Å²) in [4.78, 5) is 0. The molecule has 0 spiro atoms. The van der Waals surface area contributed by atoms with Gasteiger partial charge in [0.1, 0.15) is 15.6 Å². The van der Waals surface area contributed by atoms with Crippen LogP contribution >= 0.6 is 11.8 Å². The van der Waals surface area contributed by atoms with E-state index >= 15 is 0 Å². The highest BCUT2D eigenvalue weighted by Crippen LogP contribution is 2.22. The summed E-state index contributed by atoms with van der Waals surface area (Å²) in [7, 11) is -2.93. The van der Waals surface area contributed by atoms with Gasteiger partial charge in [0.2, 0.25) is 0 Å². The quantitative estimate of drug-likeness (QED) is 0.529. The van der Waals surface area contributed by atoms with Gasteiger partial charge in [0.15, 0.2) is 0 Å². The largest absolute Gasteiger partial charge is 0.496 e. The fourth-order valence-corrected chi connectivity index (χ4v) is 3.74. The Kier molecular flexibility index (Phi) is 6.19. The number of benzene rings is 1. The van der Waals surface area contributed by atoms with Gasteiger partial charge < -0.3 is 14.8 Å². The SMILES string of the molecule is COc1ccc(B(O)O)cc1CSCCS(C)(=O)=O. The number of thioether (sulfide) groups is 1. The second-order valence-corrected chi connectivity index (χ2v) is 7.49. The average Bonchev–Trinajstić information content (AvgIpc) is 2.33. The Labute approximate surface area is 118 Å². The highest BCUT2D eigenvalue weighted by molar-refractivity contribution is 7.99. The molecule has 106 valence electrons. The summed E-state index contributed by atoms with van der Waals surface area (Å²) in [6, 6.07) is 4.90. The maximum absolute atomic E-state index is 11.0. The molecule has 1 aromatic rings. The minimum atomic E-state index is -2.95. The van der Waals surface area contributed by atoms with E-state index in [1.165, 1.54) is 25.1 Å². The van der Waals surface area contributed by atoms with E-state index in [1.54, 1.807) is 18.2 Å². The first-order valence-corrected chi connectivity index (χ1v) is 8.83. The molecule has 1 rings (SSSR count). The smallest absolute Gasteiger partial charge is 0.488 e. The van der Waals surface area contributed by atoms with Crippen LogP contribution in [0.4, 0.5) is 0 Å². The van der Waals surface area contributed by atoms with Crippen LogP contribution in [0.5, 0.6) is 5.75 Å². The van der Waals surface area contributed by atoms with Gasteiger partial charge in [-0.25, -0.2) is 8.42 Å². The molecule has 0 saturated heterocycles. The van der Waals surface area contributed by atoms with E-state index < -0.39 is 17.0 Å². The van der Waals surface area contributed by atoms with Crippen LogP contribution in [0.2, 0.25) is 0 Å². The van der Waals surface area contributed by atoms with E-state index in [2.05, 4.69) is 0 Å². The van der Waals surface area contributed by atoms with Crippen LogP contribution in [0.25, 0.3) is 0 Å². The summed E-state index contributed by atoms with van der Waals surface area (Å²) in [6.45, 7) is 0. The zero-order chi connectivity index (χ0) is 14.5. The number of rotatable bonds is 7. The molecule has 1 aromatic carbocycles. The van der Waals surface area contributed by atoms with Gasteiger partial charge in [-0.3, -0.25) is 0 Å². The van der Waals surface area contributed by atoms with E-state index in [-0.39, 0.29) is 5.75 Å². The second-order valence-electron chi connectivity index (χ2n) is 4.13. The normalized spacial score (nSPS) is 11.4. The van der Waals surface area contributed by atoms with Gasteiger partial charge in [0.05, 0.1) is 12.9 Å². The molecule has 0 saturated carbocycles. The Balaban J connectivity index is 2.67. The molecular formula is C11H17BO5S2. The van der Waals surface area contributed by atoms with Gasteiger partial charge in [-0.1, -0.05) is 12.1 Å². The molecule has 0 aromatic heterocycles. The molecule has 0 unspecified atom stereocenters. The molecule has 2 N–H and O–H groups in total. The molecular weight excluding hydrogens is 287 g/mol. The number of ether oxygens (including phenoxy) is 1. The van der Waals surface area contributed by atoms with Crippen LogP contribution in [-0.2, 0) is 15.6 Å². The molecule has 8 heteroatoms. The highest BCUT2D eigenvalue weighted by Gasteiger charge is 2.14. The third-order valence-electron chi connectivity index (χ3n) is 2.46. The predicted octanol–water partition coefficient (Wildman–Crippen LogP) is -0.347. The topological polar surface area (TPSA) is 83.8 Å². The van der Waals surface area contributed by atoms with E-state index in [0.29, 0.717) is 22.7 Å². The summed E-state index contributed by atoms with van der Waals surface area (Å²) in [5.74, 6) is 1.83. The first-order chi connectivity index (χ1) is 8.83. The van der Waals surface area contributed by atoms with Crippen LogP contribution in [0, 0.1) is 0 Å². The fraction of sp³-hybridized carbons (Fsp3) is 0.455. The monoisotopic (exact) mass is 304 g/mol. The van der Waals surface area contributed by atoms with Crippen LogP contribution < -0.4 is 10.2 Å². The fourth-order valence-electron chi connectivity index (χ4n) is 1.46. The Bertz CT molecular complexity index is 516. The molecule has 0 amide bonds. The third kappa shape index (κ3) is 5.86. The van der Waals surface area contributed by atoms with Crippen LogP contribution in [0.15, 0.2) is 18.2 Å². The molecule has 0 aliphatic rings. The molecule has 0 aliphatic carbocycles. The van der Waals surface area contributed by atoms with Crippen molar-refractivity contribution in [3.8, 4) is 5.75 Å². The first kappa shape index (κ1) is 16.4. The second kappa shape index (κ2) is 7.18. The van der Waals surface area contributed by atoms with Crippen molar-refractivity contribution < 1.29 is 23.2 Å². The van der Waals surface area contributed by atoms with Crippen molar-refractivity contribution in [1.29, 1.82) is 0 Å². The maximum Gasteiger partial charge on any atom is 0.488 e.